The van der Waals surface area contributed by atoms with Crippen LogP contribution in [0.2, 0.25) is 0 Å². The van der Waals surface area contributed by atoms with Crippen LogP contribution in [-0.2, 0) is 0 Å². The fraction of sp³-hybridized carbons (Fsp3) is 0.750. The number of aliphatic hydroxyl groups excluding tert-OH is 1. The second-order valence-electron chi connectivity index (χ2n) is 6.77. The number of aliphatic hydroxyl groups is 1. The quantitative estimate of drug-likeness (QED) is 0.901. The molecule has 3 rings (SSSR count). The zero-order valence-electron chi connectivity index (χ0n) is 12.5. The lowest BCUT2D eigenvalue weighted by molar-refractivity contribution is 0.0407. The molecule has 2 aliphatic rings. The normalized spacial score (nSPS) is 30.4. The molecule has 1 spiro atoms. The first-order chi connectivity index (χ1) is 9.61. The first kappa shape index (κ1) is 13.8. The monoisotopic (exact) mass is 275 g/mol. The van der Waals surface area contributed by atoms with Crippen molar-refractivity contribution in [1.29, 1.82) is 0 Å². The van der Waals surface area contributed by atoms with Crippen LogP contribution in [0, 0.1) is 5.41 Å². The Balaban J connectivity index is 1.76. The van der Waals surface area contributed by atoms with Crippen LogP contribution >= 0.6 is 0 Å². The minimum atomic E-state index is -0.131. The highest BCUT2D eigenvalue weighted by Gasteiger charge is 2.44. The van der Waals surface area contributed by atoms with Gasteiger partial charge in [-0.3, -0.25) is 0 Å². The molecule has 4 heteroatoms. The highest BCUT2D eigenvalue weighted by atomic mass is 16.3. The molecule has 2 atom stereocenters. The lowest BCUT2D eigenvalue weighted by Crippen LogP contribution is -2.47. The van der Waals surface area contributed by atoms with Gasteiger partial charge < -0.3 is 10.0 Å². The van der Waals surface area contributed by atoms with Crippen LogP contribution in [0.4, 0.5) is 5.82 Å². The Kier molecular flexibility index (Phi) is 3.67. The third kappa shape index (κ3) is 2.41. The van der Waals surface area contributed by atoms with Gasteiger partial charge in [0, 0.05) is 18.5 Å². The first-order valence-corrected chi connectivity index (χ1v) is 7.87. The summed E-state index contributed by atoms with van der Waals surface area (Å²) in [6, 6.07) is 4.17. The molecule has 110 valence electrons. The predicted molar refractivity (Wildman–Crippen MR) is 79.9 cm³/mol. The molecular formula is C16H25N3O. The van der Waals surface area contributed by atoms with Crippen molar-refractivity contribution in [3.63, 3.8) is 0 Å². The van der Waals surface area contributed by atoms with Gasteiger partial charge in [0.15, 0.2) is 5.82 Å². The summed E-state index contributed by atoms with van der Waals surface area (Å²) >= 11 is 0. The molecule has 20 heavy (non-hydrogen) atoms. The smallest absolute Gasteiger partial charge is 0.151 e. The van der Waals surface area contributed by atoms with Crippen molar-refractivity contribution in [2.45, 2.75) is 58.0 Å². The number of hydrogen-bond acceptors (Lipinski definition) is 4. The van der Waals surface area contributed by atoms with Crippen LogP contribution in [0.15, 0.2) is 12.1 Å². The lowest BCUT2D eigenvalue weighted by atomic mass is 9.77. The maximum atomic E-state index is 10.3. The van der Waals surface area contributed by atoms with E-state index in [1.165, 1.54) is 0 Å². The van der Waals surface area contributed by atoms with Crippen LogP contribution in [0.5, 0.6) is 0 Å². The number of hydrogen-bond donors (Lipinski definition) is 1. The van der Waals surface area contributed by atoms with E-state index in [0.29, 0.717) is 5.92 Å². The number of anilines is 1. The van der Waals surface area contributed by atoms with Gasteiger partial charge in [0.2, 0.25) is 0 Å². The third-order valence-electron chi connectivity index (χ3n) is 5.05. The van der Waals surface area contributed by atoms with Gasteiger partial charge in [-0.2, -0.15) is 5.10 Å². The SMILES string of the molecule is CC(C)c1ccc(N2CCC[C@]3(CCC[C@H]3O)C2)nn1. The van der Waals surface area contributed by atoms with Crippen molar-refractivity contribution in [3.8, 4) is 0 Å². The summed E-state index contributed by atoms with van der Waals surface area (Å²) in [5.41, 5.74) is 1.15. The second-order valence-corrected chi connectivity index (χ2v) is 6.77. The molecular weight excluding hydrogens is 250 g/mol. The molecule has 2 heterocycles. The number of rotatable bonds is 2. The van der Waals surface area contributed by atoms with Crippen LogP contribution in [0.25, 0.3) is 0 Å². The molecule has 0 unspecified atom stereocenters. The molecule has 1 aliphatic carbocycles. The fourth-order valence-corrected chi connectivity index (χ4v) is 3.76. The first-order valence-electron chi connectivity index (χ1n) is 7.87. The van der Waals surface area contributed by atoms with Crippen molar-refractivity contribution in [1.82, 2.24) is 10.2 Å². The highest BCUT2D eigenvalue weighted by molar-refractivity contribution is 5.39. The van der Waals surface area contributed by atoms with Crippen molar-refractivity contribution in [2.24, 2.45) is 5.41 Å². The van der Waals surface area contributed by atoms with Crippen LogP contribution < -0.4 is 4.90 Å². The summed E-state index contributed by atoms with van der Waals surface area (Å²) in [5, 5.41) is 19.1. The van der Waals surface area contributed by atoms with Gasteiger partial charge in [-0.1, -0.05) is 20.3 Å². The van der Waals surface area contributed by atoms with E-state index in [2.05, 4.69) is 41.1 Å². The van der Waals surface area contributed by atoms with Crippen LogP contribution in [0.3, 0.4) is 0 Å². The van der Waals surface area contributed by atoms with Gasteiger partial charge in [0.1, 0.15) is 0 Å². The second kappa shape index (κ2) is 5.32. The zero-order valence-corrected chi connectivity index (χ0v) is 12.5. The summed E-state index contributed by atoms with van der Waals surface area (Å²) in [4.78, 5) is 2.31. The Morgan fingerprint density at radius 2 is 2.05 bits per heavy atom. The van der Waals surface area contributed by atoms with Gasteiger partial charge >= 0.3 is 0 Å². The van der Waals surface area contributed by atoms with Gasteiger partial charge in [-0.05, 0) is 43.7 Å². The van der Waals surface area contributed by atoms with Crippen molar-refractivity contribution >= 4 is 5.82 Å². The van der Waals surface area contributed by atoms with Crippen LogP contribution in [0.1, 0.15) is 57.6 Å². The predicted octanol–water partition coefficient (Wildman–Crippen LogP) is 2.73. The van der Waals surface area contributed by atoms with Gasteiger partial charge in [-0.15, -0.1) is 5.10 Å². The minimum Gasteiger partial charge on any atom is -0.392 e. The van der Waals surface area contributed by atoms with E-state index in [0.717, 1.165) is 56.7 Å². The molecule has 1 aromatic rings. The van der Waals surface area contributed by atoms with E-state index in [4.69, 9.17) is 0 Å². The molecule has 0 amide bonds. The van der Waals surface area contributed by atoms with E-state index in [9.17, 15) is 5.11 Å². The maximum Gasteiger partial charge on any atom is 0.151 e. The molecule has 1 aliphatic heterocycles. The molecule has 1 N–H and O–H groups in total. The van der Waals surface area contributed by atoms with E-state index in [-0.39, 0.29) is 11.5 Å². The van der Waals surface area contributed by atoms with Crippen LogP contribution in [-0.4, -0.2) is 34.5 Å². The van der Waals surface area contributed by atoms with Crippen molar-refractivity contribution in [2.75, 3.05) is 18.0 Å². The minimum absolute atomic E-state index is 0.108. The number of aromatic nitrogens is 2. The molecule has 1 saturated heterocycles. The van der Waals surface area contributed by atoms with Gasteiger partial charge in [0.25, 0.3) is 0 Å². The summed E-state index contributed by atoms with van der Waals surface area (Å²) in [6.45, 7) is 6.23. The van der Waals surface area contributed by atoms with E-state index >= 15 is 0 Å². The summed E-state index contributed by atoms with van der Waals surface area (Å²) in [7, 11) is 0. The average Bonchev–Trinajstić information content (AvgIpc) is 2.80. The Morgan fingerprint density at radius 1 is 1.25 bits per heavy atom. The summed E-state index contributed by atoms with van der Waals surface area (Å²) in [5.74, 6) is 1.38. The Bertz CT molecular complexity index is 459. The van der Waals surface area contributed by atoms with Gasteiger partial charge in [-0.25, -0.2) is 0 Å². The topological polar surface area (TPSA) is 49.2 Å². The summed E-state index contributed by atoms with van der Waals surface area (Å²) in [6.07, 6.45) is 5.45. The van der Waals surface area contributed by atoms with Crippen molar-refractivity contribution < 1.29 is 5.11 Å². The molecule has 1 saturated carbocycles. The van der Waals surface area contributed by atoms with E-state index in [1.54, 1.807) is 0 Å². The van der Waals surface area contributed by atoms with Gasteiger partial charge in [0.05, 0.1) is 11.8 Å². The molecule has 0 radical (unpaired) electrons. The number of piperidine rings is 1. The summed E-state index contributed by atoms with van der Waals surface area (Å²) < 4.78 is 0. The van der Waals surface area contributed by atoms with E-state index < -0.39 is 0 Å². The maximum absolute atomic E-state index is 10.3. The molecule has 0 bridgehead atoms. The Hall–Kier alpha value is -1.16. The molecule has 0 aromatic carbocycles. The fourth-order valence-electron chi connectivity index (χ4n) is 3.76. The average molecular weight is 275 g/mol. The van der Waals surface area contributed by atoms with E-state index in [1.807, 2.05) is 0 Å². The Morgan fingerprint density at radius 3 is 2.65 bits per heavy atom. The number of nitrogens with zero attached hydrogens (tertiary/aromatic N) is 3. The molecule has 2 fully saturated rings. The highest BCUT2D eigenvalue weighted by Crippen LogP contribution is 2.45. The largest absolute Gasteiger partial charge is 0.392 e. The third-order valence-corrected chi connectivity index (χ3v) is 5.05. The standard InChI is InChI=1S/C16H25N3O/c1-12(2)13-6-7-15(18-17-13)19-10-4-9-16(11-19)8-3-5-14(16)20/h6-7,12,14,20H,3-5,8-11H2,1-2H3/t14-,16-/m1/s1. The molecule has 4 nitrogen and oxygen atoms in total. The molecule has 1 aromatic heterocycles. The van der Waals surface area contributed by atoms with Crippen molar-refractivity contribution in [3.05, 3.63) is 17.8 Å². The Labute approximate surface area is 121 Å². The zero-order chi connectivity index (χ0) is 14.2. The lowest BCUT2D eigenvalue weighted by Gasteiger charge is -2.43.